The van der Waals surface area contributed by atoms with Crippen LogP contribution in [-0.2, 0) is 0 Å². The maximum Gasteiger partial charge on any atom is 0.115 e. The van der Waals surface area contributed by atoms with Crippen LogP contribution in [0.3, 0.4) is 0 Å². The zero-order chi connectivity index (χ0) is 10.9. The van der Waals surface area contributed by atoms with E-state index in [1.54, 1.807) is 6.33 Å². The van der Waals surface area contributed by atoms with Crippen molar-refractivity contribution in [1.82, 2.24) is 15.3 Å². The van der Waals surface area contributed by atoms with Crippen LogP contribution in [0.1, 0.15) is 31.9 Å². The fourth-order valence-electron chi connectivity index (χ4n) is 1.36. The molecule has 1 rings (SSSR count). The van der Waals surface area contributed by atoms with Crippen LogP contribution in [0.25, 0.3) is 0 Å². The monoisotopic (exact) mass is 225 g/mol. The molecule has 0 aliphatic heterocycles. The van der Waals surface area contributed by atoms with E-state index in [1.165, 1.54) is 17.7 Å². The zero-order valence-corrected chi connectivity index (χ0v) is 10.3. The first-order chi connectivity index (χ1) is 7.38. The number of hydrogen-bond donors (Lipinski definition) is 1. The van der Waals surface area contributed by atoms with Gasteiger partial charge in [0, 0.05) is 29.8 Å². The van der Waals surface area contributed by atoms with Gasteiger partial charge in [0.05, 0.1) is 0 Å². The highest BCUT2D eigenvalue weighted by molar-refractivity contribution is 7.99. The number of nitrogens with one attached hydrogen (secondary N) is 1. The van der Waals surface area contributed by atoms with Gasteiger partial charge in [0.2, 0.25) is 0 Å². The highest BCUT2D eigenvalue weighted by Crippen LogP contribution is 2.17. The van der Waals surface area contributed by atoms with Crippen LogP contribution in [-0.4, -0.2) is 28.0 Å². The van der Waals surface area contributed by atoms with Gasteiger partial charge >= 0.3 is 0 Å². The second-order valence-corrected chi connectivity index (χ2v) is 4.51. The molecule has 1 aromatic heterocycles. The molecule has 1 N–H and O–H groups in total. The molecular weight excluding hydrogens is 206 g/mol. The summed E-state index contributed by atoms with van der Waals surface area (Å²) in [4.78, 5) is 8.11. The van der Waals surface area contributed by atoms with E-state index >= 15 is 0 Å². The largest absolute Gasteiger partial charge is 0.309 e. The molecule has 4 heteroatoms. The van der Waals surface area contributed by atoms with Crippen LogP contribution < -0.4 is 5.32 Å². The smallest absolute Gasteiger partial charge is 0.115 e. The van der Waals surface area contributed by atoms with Gasteiger partial charge in [0.1, 0.15) is 6.33 Å². The van der Waals surface area contributed by atoms with Crippen molar-refractivity contribution in [3.05, 3.63) is 24.3 Å². The van der Waals surface area contributed by atoms with Crippen molar-refractivity contribution in [2.24, 2.45) is 0 Å². The molecule has 0 bridgehead atoms. The molecule has 0 aromatic carbocycles. The maximum atomic E-state index is 4.06. The number of nitrogens with zero attached hydrogens (tertiary/aromatic N) is 2. The fraction of sp³-hybridized carbons (Fsp3) is 0.636. The van der Waals surface area contributed by atoms with Crippen molar-refractivity contribution < 1.29 is 0 Å². The molecule has 0 spiro atoms. The van der Waals surface area contributed by atoms with E-state index in [1.807, 2.05) is 24.2 Å². The third kappa shape index (κ3) is 4.62. The lowest BCUT2D eigenvalue weighted by Crippen LogP contribution is -2.23. The standard InChI is InChI=1S/C11H19N3S/c1-3-5-15-8-11(14-4-2)10-6-12-9-13-7-10/h6-7,9,11,14H,3-5,8H2,1-2H3. The molecule has 0 fully saturated rings. The Bertz CT molecular complexity index is 253. The molecule has 0 saturated heterocycles. The molecular formula is C11H19N3S. The SMILES string of the molecule is CCCSCC(NCC)c1cncnc1. The van der Waals surface area contributed by atoms with Crippen LogP contribution in [0.4, 0.5) is 0 Å². The number of hydrogen-bond acceptors (Lipinski definition) is 4. The molecule has 1 unspecified atom stereocenters. The Morgan fingerprint density at radius 1 is 1.33 bits per heavy atom. The third-order valence-corrected chi connectivity index (χ3v) is 3.33. The molecule has 0 aliphatic carbocycles. The van der Waals surface area contributed by atoms with Gasteiger partial charge in [-0.05, 0) is 18.7 Å². The highest BCUT2D eigenvalue weighted by atomic mass is 32.2. The minimum Gasteiger partial charge on any atom is -0.309 e. The van der Waals surface area contributed by atoms with E-state index in [-0.39, 0.29) is 0 Å². The Morgan fingerprint density at radius 2 is 2.07 bits per heavy atom. The minimum atomic E-state index is 0.382. The molecule has 1 heterocycles. The van der Waals surface area contributed by atoms with Crippen molar-refractivity contribution in [1.29, 1.82) is 0 Å². The van der Waals surface area contributed by atoms with E-state index < -0.39 is 0 Å². The van der Waals surface area contributed by atoms with Gasteiger partial charge in [-0.1, -0.05) is 13.8 Å². The van der Waals surface area contributed by atoms with E-state index in [9.17, 15) is 0 Å². The first kappa shape index (κ1) is 12.5. The second kappa shape index (κ2) is 7.65. The Hall–Kier alpha value is -0.610. The highest BCUT2D eigenvalue weighted by Gasteiger charge is 2.09. The summed E-state index contributed by atoms with van der Waals surface area (Å²) in [7, 11) is 0. The predicted molar refractivity (Wildman–Crippen MR) is 66.1 cm³/mol. The van der Waals surface area contributed by atoms with E-state index in [0.717, 1.165) is 12.3 Å². The number of aromatic nitrogens is 2. The lowest BCUT2D eigenvalue weighted by atomic mass is 10.2. The van der Waals surface area contributed by atoms with Crippen LogP contribution in [0.15, 0.2) is 18.7 Å². The van der Waals surface area contributed by atoms with Crippen molar-refractivity contribution in [3.63, 3.8) is 0 Å². The molecule has 1 aromatic rings. The topological polar surface area (TPSA) is 37.8 Å². The van der Waals surface area contributed by atoms with Gasteiger partial charge in [0.25, 0.3) is 0 Å². The summed E-state index contributed by atoms with van der Waals surface area (Å²) in [5.74, 6) is 2.31. The normalized spacial score (nSPS) is 12.7. The summed E-state index contributed by atoms with van der Waals surface area (Å²) in [6.45, 7) is 5.31. The summed E-state index contributed by atoms with van der Waals surface area (Å²) in [5, 5.41) is 3.46. The molecule has 0 aliphatic rings. The summed E-state index contributed by atoms with van der Waals surface area (Å²) in [6, 6.07) is 0.382. The predicted octanol–water partition coefficient (Wildman–Crippen LogP) is 2.27. The van der Waals surface area contributed by atoms with Crippen molar-refractivity contribution in [2.45, 2.75) is 26.3 Å². The van der Waals surface area contributed by atoms with Crippen molar-refractivity contribution in [3.8, 4) is 0 Å². The van der Waals surface area contributed by atoms with Crippen LogP contribution in [0, 0.1) is 0 Å². The van der Waals surface area contributed by atoms with Crippen LogP contribution in [0.2, 0.25) is 0 Å². The summed E-state index contributed by atoms with van der Waals surface area (Å²) < 4.78 is 0. The van der Waals surface area contributed by atoms with Crippen molar-refractivity contribution in [2.75, 3.05) is 18.1 Å². The fourth-order valence-corrected chi connectivity index (χ4v) is 2.36. The van der Waals surface area contributed by atoms with E-state index in [2.05, 4.69) is 29.1 Å². The van der Waals surface area contributed by atoms with Crippen molar-refractivity contribution >= 4 is 11.8 Å². The minimum absolute atomic E-state index is 0.382. The average molecular weight is 225 g/mol. The van der Waals surface area contributed by atoms with Gasteiger partial charge in [-0.3, -0.25) is 0 Å². The molecule has 1 atom stereocenters. The van der Waals surface area contributed by atoms with Crippen LogP contribution >= 0.6 is 11.8 Å². The lowest BCUT2D eigenvalue weighted by Gasteiger charge is -2.16. The molecule has 3 nitrogen and oxygen atoms in total. The first-order valence-electron chi connectivity index (χ1n) is 5.44. The van der Waals surface area contributed by atoms with Gasteiger partial charge in [-0.2, -0.15) is 11.8 Å². The Labute approximate surface area is 96.1 Å². The number of thioether (sulfide) groups is 1. The Morgan fingerprint density at radius 3 is 2.67 bits per heavy atom. The molecule has 15 heavy (non-hydrogen) atoms. The Balaban J connectivity index is 2.50. The van der Waals surface area contributed by atoms with E-state index in [4.69, 9.17) is 0 Å². The molecule has 0 amide bonds. The quantitative estimate of drug-likeness (QED) is 0.722. The lowest BCUT2D eigenvalue weighted by molar-refractivity contribution is 0.601. The third-order valence-electron chi connectivity index (χ3n) is 2.07. The van der Waals surface area contributed by atoms with E-state index in [0.29, 0.717) is 6.04 Å². The Kier molecular flexibility index (Phi) is 6.36. The van der Waals surface area contributed by atoms with Gasteiger partial charge in [-0.15, -0.1) is 0 Å². The summed E-state index contributed by atoms with van der Waals surface area (Å²) >= 11 is 1.98. The number of rotatable bonds is 7. The van der Waals surface area contributed by atoms with Crippen LogP contribution in [0.5, 0.6) is 0 Å². The zero-order valence-electron chi connectivity index (χ0n) is 9.44. The molecule has 0 saturated carbocycles. The van der Waals surface area contributed by atoms with Gasteiger partial charge < -0.3 is 5.32 Å². The average Bonchev–Trinajstić information content (AvgIpc) is 2.29. The molecule has 0 radical (unpaired) electrons. The van der Waals surface area contributed by atoms with Gasteiger partial charge in [-0.25, -0.2) is 9.97 Å². The van der Waals surface area contributed by atoms with Gasteiger partial charge in [0.15, 0.2) is 0 Å². The summed E-state index contributed by atoms with van der Waals surface area (Å²) in [6.07, 6.45) is 6.60. The maximum absolute atomic E-state index is 4.06. The molecule has 84 valence electrons. The first-order valence-corrected chi connectivity index (χ1v) is 6.60. The second-order valence-electron chi connectivity index (χ2n) is 3.36. The summed E-state index contributed by atoms with van der Waals surface area (Å²) in [5.41, 5.74) is 1.18.